The zero-order valence-electron chi connectivity index (χ0n) is 8.78. The molecule has 4 nitrogen and oxygen atoms in total. The van der Waals surface area contributed by atoms with Crippen LogP contribution in [0.4, 0.5) is 13.2 Å². The van der Waals surface area contributed by atoms with Crippen molar-refractivity contribution in [3.05, 3.63) is 29.8 Å². The summed E-state index contributed by atoms with van der Waals surface area (Å²) in [7, 11) is 1.26. The van der Waals surface area contributed by atoms with Crippen LogP contribution in [-0.2, 0) is 10.3 Å². The van der Waals surface area contributed by atoms with Gasteiger partial charge < -0.3 is 15.6 Å². The van der Waals surface area contributed by atoms with E-state index in [0.29, 0.717) is 0 Å². The molecule has 7 heteroatoms. The van der Waals surface area contributed by atoms with Gasteiger partial charge in [-0.3, -0.25) is 0 Å². The summed E-state index contributed by atoms with van der Waals surface area (Å²) in [4.78, 5) is 10.8. The number of ether oxygens (including phenoxy) is 1. The number of benzene rings is 1. The number of hydrogen-bond donors (Lipinski definition) is 2. The molecule has 1 aromatic carbocycles. The second-order valence-corrected chi connectivity index (χ2v) is 3.34. The first-order valence-electron chi connectivity index (χ1n) is 4.47. The van der Waals surface area contributed by atoms with E-state index in [-0.39, 0.29) is 5.75 Å². The highest BCUT2D eigenvalue weighted by molar-refractivity contribution is 5.81. The minimum absolute atomic E-state index is 0.0998. The van der Waals surface area contributed by atoms with Gasteiger partial charge in [-0.1, -0.05) is 12.1 Å². The summed E-state index contributed by atoms with van der Waals surface area (Å²) in [5, 5.41) is 8.70. The quantitative estimate of drug-likeness (QED) is 0.851. The largest absolute Gasteiger partial charge is 0.497 e. The van der Waals surface area contributed by atoms with Gasteiger partial charge in [0.25, 0.3) is 0 Å². The molecule has 0 aromatic heterocycles. The first-order valence-corrected chi connectivity index (χ1v) is 4.47. The van der Waals surface area contributed by atoms with Crippen LogP contribution >= 0.6 is 0 Å². The molecule has 1 atom stereocenters. The van der Waals surface area contributed by atoms with E-state index >= 15 is 0 Å². The number of methoxy groups -OCH3 is 1. The summed E-state index contributed by atoms with van der Waals surface area (Å²) >= 11 is 0. The third-order valence-corrected chi connectivity index (χ3v) is 2.31. The summed E-state index contributed by atoms with van der Waals surface area (Å²) in [5.74, 6) is -2.07. The zero-order valence-corrected chi connectivity index (χ0v) is 8.78. The SMILES string of the molecule is COc1cccc([C@@](N)(C(=O)O)C(F)(F)F)c1. The highest BCUT2D eigenvalue weighted by Gasteiger charge is 2.59. The van der Waals surface area contributed by atoms with E-state index in [2.05, 4.69) is 0 Å². The first-order chi connectivity index (χ1) is 7.73. The molecule has 94 valence electrons. The van der Waals surface area contributed by atoms with Gasteiger partial charge in [0.2, 0.25) is 5.54 Å². The van der Waals surface area contributed by atoms with Crippen LogP contribution in [0.5, 0.6) is 5.75 Å². The Morgan fingerprint density at radius 3 is 2.41 bits per heavy atom. The van der Waals surface area contributed by atoms with Crippen molar-refractivity contribution in [1.29, 1.82) is 0 Å². The maximum absolute atomic E-state index is 12.7. The fourth-order valence-electron chi connectivity index (χ4n) is 1.28. The molecule has 0 radical (unpaired) electrons. The van der Waals surface area contributed by atoms with E-state index in [1.54, 1.807) is 0 Å². The van der Waals surface area contributed by atoms with Gasteiger partial charge in [-0.25, -0.2) is 4.79 Å². The van der Waals surface area contributed by atoms with Crippen LogP contribution in [0, 0.1) is 0 Å². The van der Waals surface area contributed by atoms with Crippen LogP contribution in [0.3, 0.4) is 0 Å². The van der Waals surface area contributed by atoms with Crippen molar-refractivity contribution in [2.24, 2.45) is 5.73 Å². The van der Waals surface area contributed by atoms with Gasteiger partial charge in [-0.2, -0.15) is 13.2 Å². The molecule has 1 aromatic rings. The number of nitrogens with two attached hydrogens (primary N) is 1. The third-order valence-electron chi connectivity index (χ3n) is 2.31. The third kappa shape index (κ3) is 2.19. The van der Waals surface area contributed by atoms with Gasteiger partial charge in [0.1, 0.15) is 5.75 Å². The van der Waals surface area contributed by atoms with Crippen molar-refractivity contribution in [2.75, 3.05) is 7.11 Å². The molecule has 0 heterocycles. The van der Waals surface area contributed by atoms with Crippen molar-refractivity contribution < 1.29 is 27.8 Å². The fraction of sp³-hybridized carbons (Fsp3) is 0.300. The number of rotatable bonds is 3. The minimum atomic E-state index is -5.11. The first kappa shape index (κ1) is 13.3. The van der Waals surface area contributed by atoms with Crippen LogP contribution in [-0.4, -0.2) is 24.4 Å². The Bertz CT molecular complexity index is 433. The lowest BCUT2D eigenvalue weighted by Gasteiger charge is -2.27. The summed E-state index contributed by atoms with van der Waals surface area (Å²) in [6, 6.07) is 4.57. The van der Waals surface area contributed by atoms with Crippen molar-refractivity contribution in [2.45, 2.75) is 11.7 Å². The number of carbonyl (C=O) groups is 1. The Morgan fingerprint density at radius 1 is 1.41 bits per heavy atom. The second-order valence-electron chi connectivity index (χ2n) is 3.34. The summed E-state index contributed by atoms with van der Waals surface area (Å²) < 4.78 is 42.9. The summed E-state index contributed by atoms with van der Waals surface area (Å²) in [6.07, 6.45) is -5.11. The van der Waals surface area contributed by atoms with E-state index in [0.717, 1.165) is 12.1 Å². The van der Waals surface area contributed by atoms with Crippen LogP contribution in [0.25, 0.3) is 0 Å². The maximum atomic E-state index is 12.7. The van der Waals surface area contributed by atoms with Gasteiger partial charge in [0, 0.05) is 0 Å². The topological polar surface area (TPSA) is 72.5 Å². The zero-order chi connectivity index (χ0) is 13.3. The van der Waals surface area contributed by atoms with E-state index in [9.17, 15) is 18.0 Å². The van der Waals surface area contributed by atoms with E-state index in [4.69, 9.17) is 15.6 Å². The molecule has 0 amide bonds. The number of hydrogen-bond acceptors (Lipinski definition) is 3. The molecule has 0 spiro atoms. The molecule has 1 rings (SSSR count). The van der Waals surface area contributed by atoms with Crippen LogP contribution in [0.2, 0.25) is 0 Å². The predicted octanol–water partition coefficient (Wildman–Crippen LogP) is 1.50. The Morgan fingerprint density at radius 2 is 2.00 bits per heavy atom. The van der Waals surface area contributed by atoms with Crippen molar-refractivity contribution in [3.8, 4) is 5.75 Å². The molecule has 0 aliphatic rings. The Kier molecular flexibility index (Phi) is 3.33. The normalized spacial score (nSPS) is 15.1. The molecule has 0 bridgehead atoms. The number of carboxylic acids is 1. The highest BCUT2D eigenvalue weighted by atomic mass is 19.4. The smallest absolute Gasteiger partial charge is 0.421 e. The summed E-state index contributed by atoms with van der Waals surface area (Å²) in [6.45, 7) is 0. The standard InChI is InChI=1S/C10H10F3NO3/c1-17-7-4-2-3-6(5-7)9(14,8(15)16)10(11,12)13/h2-5H,14H2,1H3,(H,15,16)/t9-/m1/s1. The number of carboxylic acid groups (broad SMARTS) is 1. The van der Waals surface area contributed by atoms with Crippen molar-refractivity contribution in [1.82, 2.24) is 0 Å². The Hall–Kier alpha value is -1.76. The number of alkyl halides is 3. The van der Waals surface area contributed by atoms with Gasteiger partial charge in [0.05, 0.1) is 7.11 Å². The molecule has 0 fully saturated rings. The van der Waals surface area contributed by atoms with E-state index < -0.39 is 23.2 Å². The molecule has 0 aliphatic carbocycles. The fourth-order valence-corrected chi connectivity index (χ4v) is 1.28. The Labute approximate surface area is 94.8 Å². The van der Waals surface area contributed by atoms with Gasteiger partial charge >= 0.3 is 12.1 Å². The lowest BCUT2D eigenvalue weighted by atomic mass is 9.90. The summed E-state index contributed by atoms with van der Waals surface area (Å²) in [5.41, 5.74) is 0.954. The lowest BCUT2D eigenvalue weighted by molar-refractivity contribution is -0.204. The minimum Gasteiger partial charge on any atom is -0.497 e. The van der Waals surface area contributed by atoms with Gasteiger partial charge in [-0.05, 0) is 17.7 Å². The molecular weight excluding hydrogens is 239 g/mol. The number of halogens is 3. The van der Waals surface area contributed by atoms with Gasteiger partial charge in [-0.15, -0.1) is 0 Å². The van der Waals surface area contributed by atoms with Crippen LogP contribution in [0.15, 0.2) is 24.3 Å². The molecule has 0 saturated heterocycles. The molecule has 3 N–H and O–H groups in total. The van der Waals surface area contributed by atoms with E-state index in [1.165, 1.54) is 19.2 Å². The molecule has 0 saturated carbocycles. The predicted molar refractivity (Wildman–Crippen MR) is 52.6 cm³/mol. The molecule has 0 unspecified atom stereocenters. The van der Waals surface area contributed by atoms with Gasteiger partial charge in [0.15, 0.2) is 0 Å². The van der Waals surface area contributed by atoms with Crippen molar-refractivity contribution in [3.63, 3.8) is 0 Å². The molecule has 0 aliphatic heterocycles. The monoisotopic (exact) mass is 249 g/mol. The maximum Gasteiger partial charge on any atom is 0.421 e. The van der Waals surface area contributed by atoms with Crippen LogP contribution in [0.1, 0.15) is 5.56 Å². The molecule has 17 heavy (non-hydrogen) atoms. The second kappa shape index (κ2) is 4.25. The average Bonchev–Trinajstić information content (AvgIpc) is 2.26. The van der Waals surface area contributed by atoms with E-state index in [1.807, 2.05) is 0 Å². The lowest BCUT2D eigenvalue weighted by Crippen LogP contribution is -2.56. The highest BCUT2D eigenvalue weighted by Crippen LogP contribution is 2.38. The number of aliphatic carboxylic acids is 1. The Balaban J connectivity index is 3.38. The van der Waals surface area contributed by atoms with Crippen LogP contribution < -0.4 is 10.5 Å². The molecular formula is C10H10F3NO3. The average molecular weight is 249 g/mol. The van der Waals surface area contributed by atoms with Crippen molar-refractivity contribution >= 4 is 5.97 Å².